The minimum absolute atomic E-state index is 0.527. The van der Waals surface area contributed by atoms with Gasteiger partial charge in [-0.15, -0.1) is 0 Å². The molecule has 2 aromatic rings. The van der Waals surface area contributed by atoms with Gasteiger partial charge in [0.25, 0.3) is 0 Å². The Labute approximate surface area is 208 Å². The molecule has 0 amide bonds. The van der Waals surface area contributed by atoms with Gasteiger partial charge in [0.15, 0.2) is 0 Å². The lowest BCUT2D eigenvalue weighted by atomic mass is 9.63. The number of benzene rings is 2. The summed E-state index contributed by atoms with van der Waals surface area (Å²) in [4.78, 5) is 0. The molecule has 2 fully saturated rings. The molecule has 180 valence electrons. The second-order valence-electron chi connectivity index (χ2n) is 10.6. The molecule has 2 aliphatic rings. The largest absolute Gasteiger partial charge is 0.490 e. The molecule has 1 heteroatoms. The van der Waals surface area contributed by atoms with Crippen molar-refractivity contribution in [2.45, 2.75) is 83.5 Å². The van der Waals surface area contributed by atoms with Crippen molar-refractivity contribution < 1.29 is 4.74 Å². The molecule has 0 radical (unpaired) electrons. The highest BCUT2D eigenvalue weighted by atomic mass is 16.5. The monoisotopic (exact) mass is 454 g/mol. The zero-order chi connectivity index (χ0) is 23.6. The van der Waals surface area contributed by atoms with E-state index in [2.05, 4.69) is 49.6 Å². The molecule has 2 aromatic carbocycles. The van der Waals surface area contributed by atoms with Crippen molar-refractivity contribution in [3.8, 4) is 17.6 Å². The van der Waals surface area contributed by atoms with Gasteiger partial charge >= 0.3 is 0 Å². The van der Waals surface area contributed by atoms with Crippen LogP contribution in [0, 0.1) is 29.6 Å². The van der Waals surface area contributed by atoms with Crippen molar-refractivity contribution >= 4 is 0 Å². The smallest absolute Gasteiger partial charge is 0.119 e. The van der Waals surface area contributed by atoms with Crippen LogP contribution in [-0.4, -0.2) is 6.61 Å². The van der Waals surface area contributed by atoms with Crippen molar-refractivity contribution in [1.29, 1.82) is 0 Å². The van der Waals surface area contributed by atoms with Crippen molar-refractivity contribution in [2.75, 3.05) is 6.61 Å². The summed E-state index contributed by atoms with van der Waals surface area (Å²) in [6, 6.07) is 17.0. The Morgan fingerprint density at radius 3 is 2.21 bits per heavy atom. The van der Waals surface area contributed by atoms with E-state index in [4.69, 9.17) is 4.74 Å². The Morgan fingerprint density at radius 2 is 1.50 bits per heavy atom. The third-order valence-electron chi connectivity index (χ3n) is 8.14. The van der Waals surface area contributed by atoms with Gasteiger partial charge in [0, 0.05) is 11.1 Å². The lowest BCUT2D eigenvalue weighted by molar-refractivity contribution is 0.113. The van der Waals surface area contributed by atoms with E-state index in [9.17, 15) is 0 Å². The quantitative estimate of drug-likeness (QED) is 0.209. The zero-order valence-electron chi connectivity index (χ0n) is 21.1. The molecule has 4 atom stereocenters. The highest BCUT2D eigenvalue weighted by Crippen LogP contribution is 2.48. The van der Waals surface area contributed by atoms with Crippen LogP contribution in [0.2, 0.25) is 0 Å². The van der Waals surface area contributed by atoms with Gasteiger partial charge in [-0.2, -0.15) is 0 Å². The highest BCUT2D eigenvalue weighted by Gasteiger charge is 2.35. The minimum atomic E-state index is 0.527. The van der Waals surface area contributed by atoms with Crippen molar-refractivity contribution in [2.24, 2.45) is 17.8 Å². The Morgan fingerprint density at radius 1 is 0.824 bits per heavy atom. The summed E-state index contributed by atoms with van der Waals surface area (Å²) in [6.45, 7) is 6.52. The van der Waals surface area contributed by atoms with E-state index in [1.54, 1.807) is 6.08 Å². The summed E-state index contributed by atoms with van der Waals surface area (Å²) in [5, 5.41) is 0. The average Bonchev–Trinajstić information content (AvgIpc) is 2.89. The first-order valence-electron chi connectivity index (χ1n) is 13.7. The first-order chi connectivity index (χ1) is 16.7. The molecular formula is C33H42O. The van der Waals surface area contributed by atoms with Gasteiger partial charge in [0.1, 0.15) is 12.4 Å². The van der Waals surface area contributed by atoms with E-state index >= 15 is 0 Å². The minimum Gasteiger partial charge on any atom is -0.490 e. The molecule has 0 heterocycles. The summed E-state index contributed by atoms with van der Waals surface area (Å²) >= 11 is 0. The average molecular weight is 455 g/mol. The molecule has 4 rings (SSSR count). The van der Waals surface area contributed by atoms with Crippen molar-refractivity contribution in [3.05, 3.63) is 77.9 Å². The number of hydrogen-bond acceptors (Lipinski definition) is 1. The third kappa shape index (κ3) is 7.02. The van der Waals surface area contributed by atoms with Crippen LogP contribution in [0.4, 0.5) is 0 Å². The summed E-state index contributed by atoms with van der Waals surface area (Å²) in [5.41, 5.74) is 3.62. The number of rotatable bonds is 9. The van der Waals surface area contributed by atoms with Crippen LogP contribution >= 0.6 is 0 Å². The fraction of sp³-hybridized carbons (Fsp3) is 0.515. The van der Waals surface area contributed by atoms with Crippen LogP contribution < -0.4 is 4.74 Å². The molecular weight excluding hydrogens is 412 g/mol. The maximum absolute atomic E-state index is 5.54. The lowest BCUT2D eigenvalue weighted by Crippen LogP contribution is -2.30. The second-order valence-corrected chi connectivity index (χ2v) is 10.6. The normalized spacial score (nSPS) is 23.9. The Hall–Kier alpha value is -2.46. The number of fused-ring (bicyclic) bond motifs is 1. The van der Waals surface area contributed by atoms with Gasteiger partial charge in [-0.05, 0) is 97.7 Å². The van der Waals surface area contributed by atoms with Crippen LogP contribution in [0.1, 0.15) is 100 Å². The van der Waals surface area contributed by atoms with Gasteiger partial charge in [-0.25, -0.2) is 0 Å². The number of ether oxygens (including phenoxy) is 1. The van der Waals surface area contributed by atoms with E-state index < -0.39 is 0 Å². The number of hydrogen-bond donors (Lipinski definition) is 0. The van der Waals surface area contributed by atoms with Crippen LogP contribution in [0.3, 0.4) is 0 Å². The first kappa shape index (κ1) is 24.7. The molecule has 2 saturated carbocycles. The van der Waals surface area contributed by atoms with Gasteiger partial charge < -0.3 is 4.74 Å². The maximum Gasteiger partial charge on any atom is 0.119 e. The van der Waals surface area contributed by atoms with E-state index in [-0.39, 0.29) is 0 Å². The summed E-state index contributed by atoms with van der Waals surface area (Å²) in [6.07, 6.45) is 17.6. The zero-order valence-corrected chi connectivity index (χ0v) is 21.1. The fourth-order valence-corrected chi connectivity index (χ4v) is 6.18. The highest BCUT2D eigenvalue weighted by molar-refractivity contribution is 5.45. The molecule has 1 nitrogen and oxygen atoms in total. The van der Waals surface area contributed by atoms with Crippen LogP contribution in [0.5, 0.6) is 5.75 Å². The Kier molecular flexibility index (Phi) is 9.32. The van der Waals surface area contributed by atoms with Gasteiger partial charge in [0.05, 0.1) is 0 Å². The predicted octanol–water partition coefficient (Wildman–Crippen LogP) is 8.92. The van der Waals surface area contributed by atoms with E-state index in [1.165, 1.54) is 76.2 Å². The van der Waals surface area contributed by atoms with E-state index in [0.717, 1.165) is 40.5 Å². The van der Waals surface area contributed by atoms with E-state index in [0.29, 0.717) is 6.61 Å². The Balaban J connectivity index is 1.27. The summed E-state index contributed by atoms with van der Waals surface area (Å²) in [7, 11) is 0. The van der Waals surface area contributed by atoms with Crippen molar-refractivity contribution in [1.82, 2.24) is 0 Å². The predicted molar refractivity (Wildman–Crippen MR) is 144 cm³/mol. The summed E-state index contributed by atoms with van der Waals surface area (Å²) in [5.74, 6) is 11.2. The summed E-state index contributed by atoms with van der Waals surface area (Å²) < 4.78 is 5.54. The molecule has 0 spiro atoms. The third-order valence-corrected chi connectivity index (χ3v) is 8.14. The SMILES string of the molecule is C=CCOc1ccc(C#Cc2ccc(C3CCC4CC(CCCCCC)CCC4C3)cc2)cc1. The molecule has 0 bridgehead atoms. The van der Waals surface area contributed by atoms with Crippen LogP contribution in [0.15, 0.2) is 61.2 Å². The van der Waals surface area contributed by atoms with Gasteiger partial charge in [-0.3, -0.25) is 0 Å². The first-order valence-corrected chi connectivity index (χ1v) is 13.7. The van der Waals surface area contributed by atoms with Crippen LogP contribution in [-0.2, 0) is 0 Å². The molecule has 0 saturated heterocycles. The number of unbranched alkanes of at least 4 members (excludes halogenated alkanes) is 3. The molecule has 0 aliphatic heterocycles. The molecule has 2 aliphatic carbocycles. The van der Waals surface area contributed by atoms with Gasteiger partial charge in [0.2, 0.25) is 0 Å². The van der Waals surface area contributed by atoms with Gasteiger partial charge in [-0.1, -0.05) is 82.1 Å². The second kappa shape index (κ2) is 12.9. The van der Waals surface area contributed by atoms with E-state index in [1.807, 2.05) is 24.3 Å². The fourth-order valence-electron chi connectivity index (χ4n) is 6.18. The van der Waals surface area contributed by atoms with Crippen molar-refractivity contribution in [3.63, 3.8) is 0 Å². The Bertz CT molecular complexity index is 943. The molecule has 4 unspecified atom stereocenters. The lowest BCUT2D eigenvalue weighted by Gasteiger charge is -2.42. The molecule has 34 heavy (non-hydrogen) atoms. The standard InChI is InChI=1S/C33H42O/c1-3-5-6-7-8-28-13-18-32-25-31(20-19-30(32)24-28)29-16-11-26(12-17-29)9-10-27-14-21-33(22-15-27)34-23-4-2/h4,11-12,14-17,21-22,28,30-32H,2-3,5-8,13,18-20,23-25H2,1H3. The molecule has 0 N–H and O–H groups in total. The maximum atomic E-state index is 5.54. The topological polar surface area (TPSA) is 9.23 Å². The van der Waals surface area contributed by atoms with Crippen LogP contribution in [0.25, 0.3) is 0 Å². The molecule has 0 aromatic heterocycles.